The number of carboxylic acid groups (broad SMARTS) is 1. The molecule has 0 bridgehead atoms. The maximum Gasteiger partial charge on any atom is 0.451 e. The van der Waals surface area contributed by atoms with Crippen LogP contribution in [-0.4, -0.2) is 51.2 Å². The molecule has 0 aliphatic heterocycles. The fraction of sp³-hybridized carbons (Fsp3) is 0.917. The minimum Gasteiger partial charge on any atom is -0.480 e. The zero-order valence-electron chi connectivity index (χ0n) is 11.2. The fourth-order valence-corrected chi connectivity index (χ4v) is 4.03. The standard InChI is InChI=1S/C12H21BFNO5/c14-10-8(16)4-6-5-12(15,11(17)18)7(9(6)10)2-1-3-13(19)20/h6-10,16,19-20H,1-5,15H2,(H,17,18)/t6?,7?,8?,9-,10?,12?/m1/s1. The number of hydrogen-bond donors (Lipinski definition) is 5. The highest BCUT2D eigenvalue weighted by molar-refractivity contribution is 6.40. The molecule has 0 saturated heterocycles. The Balaban J connectivity index is 2.14. The molecule has 0 spiro atoms. The number of rotatable bonds is 5. The summed E-state index contributed by atoms with van der Waals surface area (Å²) in [7, 11) is -1.46. The van der Waals surface area contributed by atoms with Crippen molar-refractivity contribution in [3.63, 3.8) is 0 Å². The molecule has 2 aliphatic rings. The highest BCUT2D eigenvalue weighted by Crippen LogP contribution is 2.54. The second-order valence-corrected chi connectivity index (χ2v) is 6.15. The van der Waals surface area contributed by atoms with Crippen molar-refractivity contribution < 1.29 is 29.4 Å². The lowest BCUT2D eigenvalue weighted by Crippen LogP contribution is -2.53. The Hall–Kier alpha value is -0.695. The fourth-order valence-electron chi connectivity index (χ4n) is 4.03. The maximum atomic E-state index is 14.1. The molecule has 0 amide bonds. The first-order valence-electron chi connectivity index (χ1n) is 6.98. The van der Waals surface area contributed by atoms with E-state index in [2.05, 4.69) is 0 Å². The molecule has 0 heterocycles. The summed E-state index contributed by atoms with van der Waals surface area (Å²) in [5.74, 6) is -2.51. The lowest BCUT2D eigenvalue weighted by Gasteiger charge is -2.31. The van der Waals surface area contributed by atoms with Gasteiger partial charge in [0.2, 0.25) is 0 Å². The normalized spacial score (nSPS) is 43.5. The van der Waals surface area contributed by atoms with Crippen molar-refractivity contribution in [2.24, 2.45) is 23.5 Å². The van der Waals surface area contributed by atoms with Gasteiger partial charge in [0.25, 0.3) is 0 Å². The van der Waals surface area contributed by atoms with E-state index >= 15 is 0 Å². The van der Waals surface area contributed by atoms with Crippen LogP contribution in [0.3, 0.4) is 0 Å². The maximum absolute atomic E-state index is 14.1. The van der Waals surface area contributed by atoms with Gasteiger partial charge in [0.1, 0.15) is 11.7 Å². The Bertz CT molecular complexity index is 385. The van der Waals surface area contributed by atoms with Gasteiger partial charge < -0.3 is 26.0 Å². The van der Waals surface area contributed by atoms with Crippen molar-refractivity contribution in [2.45, 2.75) is 49.8 Å². The molecular formula is C12H21BFNO5. The van der Waals surface area contributed by atoms with Gasteiger partial charge in [-0.3, -0.25) is 4.79 Å². The molecule has 6 atom stereocenters. The van der Waals surface area contributed by atoms with E-state index in [4.69, 9.17) is 15.8 Å². The Kier molecular flexibility index (Phi) is 4.39. The predicted molar refractivity (Wildman–Crippen MR) is 69.4 cm³/mol. The molecule has 0 aromatic heterocycles. The van der Waals surface area contributed by atoms with Crippen LogP contribution in [0.4, 0.5) is 4.39 Å². The van der Waals surface area contributed by atoms with Crippen molar-refractivity contribution in [3.8, 4) is 0 Å². The van der Waals surface area contributed by atoms with Crippen LogP contribution in [0.5, 0.6) is 0 Å². The third-order valence-electron chi connectivity index (χ3n) is 4.93. The summed E-state index contributed by atoms with van der Waals surface area (Å²) in [5.41, 5.74) is 4.50. The molecule has 8 heteroatoms. The first kappa shape index (κ1) is 15.7. The van der Waals surface area contributed by atoms with E-state index in [1.54, 1.807) is 0 Å². The zero-order valence-corrected chi connectivity index (χ0v) is 11.2. The van der Waals surface area contributed by atoms with E-state index in [1.165, 1.54) is 0 Å². The van der Waals surface area contributed by atoms with Crippen molar-refractivity contribution in [3.05, 3.63) is 0 Å². The van der Waals surface area contributed by atoms with Crippen LogP contribution in [0.2, 0.25) is 6.32 Å². The van der Waals surface area contributed by atoms with Gasteiger partial charge in [-0.15, -0.1) is 0 Å². The topological polar surface area (TPSA) is 124 Å². The summed E-state index contributed by atoms with van der Waals surface area (Å²) in [6.45, 7) is 0. The molecule has 6 nitrogen and oxygen atoms in total. The average molecular weight is 289 g/mol. The van der Waals surface area contributed by atoms with Crippen LogP contribution >= 0.6 is 0 Å². The number of fused-ring (bicyclic) bond motifs is 1. The lowest BCUT2D eigenvalue weighted by molar-refractivity contribution is -0.145. The Morgan fingerprint density at radius 1 is 1.45 bits per heavy atom. The van der Waals surface area contributed by atoms with Crippen LogP contribution in [0.1, 0.15) is 25.7 Å². The van der Waals surface area contributed by atoms with Crippen LogP contribution in [-0.2, 0) is 4.79 Å². The Morgan fingerprint density at radius 2 is 2.10 bits per heavy atom. The van der Waals surface area contributed by atoms with Crippen molar-refractivity contribution in [1.29, 1.82) is 0 Å². The van der Waals surface area contributed by atoms with Crippen LogP contribution in [0.25, 0.3) is 0 Å². The van der Waals surface area contributed by atoms with E-state index in [9.17, 15) is 19.4 Å². The summed E-state index contributed by atoms with van der Waals surface area (Å²) < 4.78 is 14.1. The van der Waals surface area contributed by atoms with Gasteiger partial charge in [0, 0.05) is 5.92 Å². The third kappa shape index (κ3) is 2.57. The first-order chi connectivity index (χ1) is 9.27. The highest BCUT2D eigenvalue weighted by Gasteiger charge is 2.61. The summed E-state index contributed by atoms with van der Waals surface area (Å²) in [6.07, 6.45) is -1.31. The number of alkyl halides is 1. The van der Waals surface area contributed by atoms with Gasteiger partial charge in [-0.25, -0.2) is 4.39 Å². The number of halogens is 1. The van der Waals surface area contributed by atoms with Crippen molar-refractivity contribution in [2.75, 3.05) is 0 Å². The Labute approximate surface area is 116 Å². The monoisotopic (exact) mass is 289 g/mol. The number of nitrogens with two attached hydrogens (primary N) is 1. The molecule has 5 unspecified atom stereocenters. The predicted octanol–water partition coefficient (Wildman–Crippen LogP) is -0.624. The quantitative estimate of drug-likeness (QED) is 0.430. The Morgan fingerprint density at radius 3 is 2.65 bits per heavy atom. The molecule has 2 saturated carbocycles. The minimum absolute atomic E-state index is 0.100. The first-order valence-corrected chi connectivity index (χ1v) is 6.98. The average Bonchev–Trinajstić information content (AvgIpc) is 2.76. The molecule has 114 valence electrons. The molecule has 2 rings (SSSR count). The number of aliphatic carboxylic acids is 1. The van der Waals surface area contributed by atoms with Crippen molar-refractivity contribution >= 4 is 13.1 Å². The van der Waals surface area contributed by atoms with Gasteiger partial charge in [0.05, 0.1) is 6.10 Å². The van der Waals surface area contributed by atoms with E-state index in [0.717, 1.165) is 0 Å². The summed E-state index contributed by atoms with van der Waals surface area (Å²) in [4.78, 5) is 11.4. The van der Waals surface area contributed by atoms with Crippen LogP contribution in [0.15, 0.2) is 0 Å². The number of aliphatic hydroxyl groups excluding tert-OH is 1. The number of carboxylic acids is 1. The van der Waals surface area contributed by atoms with Gasteiger partial charge in [-0.2, -0.15) is 0 Å². The van der Waals surface area contributed by atoms with Gasteiger partial charge in [-0.1, -0.05) is 6.42 Å². The molecule has 20 heavy (non-hydrogen) atoms. The molecule has 0 radical (unpaired) electrons. The number of hydrogen-bond acceptors (Lipinski definition) is 5. The second kappa shape index (κ2) is 5.59. The summed E-state index contributed by atoms with van der Waals surface area (Å²) in [6, 6.07) is 0. The molecular weight excluding hydrogens is 268 g/mol. The van der Waals surface area contributed by atoms with E-state index in [-0.39, 0.29) is 25.1 Å². The SMILES string of the molecule is NC1(C(=O)O)CC2CC(O)C(F)[C@H]2C1CCCB(O)O. The summed E-state index contributed by atoms with van der Waals surface area (Å²) in [5, 5.41) is 36.6. The lowest BCUT2D eigenvalue weighted by atomic mass is 9.75. The minimum atomic E-state index is -1.49. The largest absolute Gasteiger partial charge is 0.480 e. The van der Waals surface area contributed by atoms with Gasteiger partial charge in [-0.05, 0) is 37.4 Å². The molecule has 6 N–H and O–H groups in total. The zero-order chi connectivity index (χ0) is 15.1. The third-order valence-corrected chi connectivity index (χ3v) is 4.93. The number of aliphatic hydroxyl groups is 1. The smallest absolute Gasteiger partial charge is 0.451 e. The van der Waals surface area contributed by atoms with Gasteiger partial charge in [0.15, 0.2) is 0 Å². The molecule has 2 fully saturated rings. The number of carbonyl (C=O) groups is 1. The molecule has 2 aliphatic carbocycles. The van der Waals surface area contributed by atoms with E-state index < -0.39 is 42.7 Å². The highest BCUT2D eigenvalue weighted by atomic mass is 19.1. The van der Waals surface area contributed by atoms with Gasteiger partial charge >= 0.3 is 13.1 Å². The second-order valence-electron chi connectivity index (χ2n) is 6.15. The molecule has 0 aromatic carbocycles. The van der Waals surface area contributed by atoms with E-state index in [0.29, 0.717) is 12.8 Å². The van der Waals surface area contributed by atoms with Crippen molar-refractivity contribution in [1.82, 2.24) is 0 Å². The van der Waals surface area contributed by atoms with Crippen LogP contribution < -0.4 is 5.73 Å². The van der Waals surface area contributed by atoms with Crippen LogP contribution in [0, 0.1) is 17.8 Å². The summed E-state index contributed by atoms with van der Waals surface area (Å²) >= 11 is 0. The van der Waals surface area contributed by atoms with E-state index in [1.807, 2.05) is 0 Å². The molecule has 0 aromatic rings.